The van der Waals surface area contributed by atoms with Crippen LogP contribution in [0.4, 0.5) is 11.4 Å². The Morgan fingerprint density at radius 2 is 2.00 bits per heavy atom. The molecule has 5 heteroatoms. The molecule has 0 bridgehead atoms. The number of ether oxygens (including phenoxy) is 1. The molecule has 1 aromatic rings. The van der Waals surface area contributed by atoms with Gasteiger partial charge in [0.05, 0.1) is 12.8 Å². The summed E-state index contributed by atoms with van der Waals surface area (Å²) < 4.78 is 5.19. The molecule has 1 rings (SSSR count). The van der Waals surface area contributed by atoms with Gasteiger partial charge in [-0.05, 0) is 24.6 Å². The smallest absolute Gasteiger partial charge is 0.227 e. The van der Waals surface area contributed by atoms with Crippen molar-refractivity contribution in [3.63, 3.8) is 0 Å². The fourth-order valence-corrected chi connectivity index (χ4v) is 1.53. The first-order valence-electron chi connectivity index (χ1n) is 6.24. The van der Waals surface area contributed by atoms with Gasteiger partial charge in [0.25, 0.3) is 0 Å². The van der Waals surface area contributed by atoms with E-state index in [1.54, 1.807) is 18.2 Å². The molecule has 0 saturated heterocycles. The number of methoxy groups -OCH3 is 1. The lowest BCUT2D eigenvalue weighted by Crippen LogP contribution is -2.20. The number of hydrogen-bond acceptors (Lipinski definition) is 3. The second kappa shape index (κ2) is 6.78. The lowest BCUT2D eigenvalue weighted by molar-refractivity contribution is -0.119. The molecule has 0 aliphatic carbocycles. The Kier molecular flexibility index (Phi) is 5.36. The minimum atomic E-state index is -0.163. The highest BCUT2D eigenvalue weighted by molar-refractivity contribution is 5.95. The van der Waals surface area contributed by atoms with Crippen molar-refractivity contribution >= 4 is 23.2 Å². The van der Waals surface area contributed by atoms with Gasteiger partial charge in [-0.25, -0.2) is 0 Å². The van der Waals surface area contributed by atoms with Gasteiger partial charge >= 0.3 is 0 Å². The fourth-order valence-electron chi connectivity index (χ4n) is 1.53. The third kappa shape index (κ3) is 4.28. The molecule has 0 heterocycles. The van der Waals surface area contributed by atoms with Crippen LogP contribution in [0.1, 0.15) is 27.2 Å². The molecule has 19 heavy (non-hydrogen) atoms. The van der Waals surface area contributed by atoms with E-state index in [0.717, 1.165) is 6.42 Å². The zero-order chi connectivity index (χ0) is 14.4. The van der Waals surface area contributed by atoms with Crippen LogP contribution in [-0.2, 0) is 9.59 Å². The summed E-state index contributed by atoms with van der Waals surface area (Å²) in [6.07, 6.45) is 0.763. The number of rotatable bonds is 5. The first kappa shape index (κ1) is 15.0. The van der Waals surface area contributed by atoms with E-state index in [4.69, 9.17) is 4.74 Å². The zero-order valence-electron chi connectivity index (χ0n) is 11.7. The molecule has 0 aliphatic rings. The summed E-state index contributed by atoms with van der Waals surface area (Å²) in [7, 11) is 1.53. The molecule has 2 N–H and O–H groups in total. The molecule has 0 aromatic heterocycles. The highest BCUT2D eigenvalue weighted by atomic mass is 16.5. The van der Waals surface area contributed by atoms with Gasteiger partial charge in [-0.3, -0.25) is 9.59 Å². The molecule has 0 fully saturated rings. The lowest BCUT2D eigenvalue weighted by Gasteiger charge is -2.14. The summed E-state index contributed by atoms with van der Waals surface area (Å²) in [6, 6.07) is 5.11. The van der Waals surface area contributed by atoms with E-state index in [-0.39, 0.29) is 17.7 Å². The summed E-state index contributed by atoms with van der Waals surface area (Å²) >= 11 is 0. The molecule has 1 aromatic carbocycles. The Morgan fingerprint density at radius 1 is 1.32 bits per heavy atom. The second-order valence-corrected chi connectivity index (χ2v) is 4.39. The molecule has 104 valence electrons. The first-order chi connectivity index (χ1) is 8.97. The zero-order valence-corrected chi connectivity index (χ0v) is 11.7. The van der Waals surface area contributed by atoms with Crippen molar-refractivity contribution in [1.29, 1.82) is 0 Å². The molecule has 0 spiro atoms. The maximum absolute atomic E-state index is 11.9. The Balaban J connectivity index is 2.95. The van der Waals surface area contributed by atoms with Gasteiger partial charge in [0.2, 0.25) is 11.8 Å². The van der Waals surface area contributed by atoms with Crippen molar-refractivity contribution in [3.05, 3.63) is 18.2 Å². The Morgan fingerprint density at radius 3 is 2.53 bits per heavy atom. The van der Waals surface area contributed by atoms with E-state index in [1.165, 1.54) is 14.0 Å². The quantitative estimate of drug-likeness (QED) is 0.859. The van der Waals surface area contributed by atoms with Crippen LogP contribution in [0.25, 0.3) is 0 Å². The average molecular weight is 264 g/mol. The average Bonchev–Trinajstić information content (AvgIpc) is 2.37. The Labute approximate surface area is 113 Å². The summed E-state index contributed by atoms with van der Waals surface area (Å²) in [5.41, 5.74) is 1.17. The molecule has 2 amide bonds. The molecule has 1 unspecified atom stereocenters. The Bertz CT molecular complexity index is 472. The molecular formula is C14H20N2O3. The number of benzene rings is 1. The van der Waals surface area contributed by atoms with Gasteiger partial charge in [-0.2, -0.15) is 0 Å². The van der Waals surface area contributed by atoms with Crippen molar-refractivity contribution in [2.24, 2.45) is 5.92 Å². The number of hydrogen-bond donors (Lipinski definition) is 2. The van der Waals surface area contributed by atoms with Crippen LogP contribution in [0.15, 0.2) is 18.2 Å². The minimum Gasteiger partial charge on any atom is -0.495 e. The van der Waals surface area contributed by atoms with E-state index in [0.29, 0.717) is 17.1 Å². The topological polar surface area (TPSA) is 67.4 Å². The third-order valence-electron chi connectivity index (χ3n) is 2.84. The largest absolute Gasteiger partial charge is 0.495 e. The highest BCUT2D eigenvalue weighted by Gasteiger charge is 2.13. The van der Waals surface area contributed by atoms with Crippen molar-refractivity contribution in [3.8, 4) is 5.75 Å². The van der Waals surface area contributed by atoms with Gasteiger partial charge < -0.3 is 15.4 Å². The Hall–Kier alpha value is -2.04. The molecule has 5 nitrogen and oxygen atoms in total. The lowest BCUT2D eigenvalue weighted by atomic mass is 10.1. The number of nitrogens with one attached hydrogen (secondary N) is 2. The number of carbonyl (C=O) groups is 2. The molecular weight excluding hydrogens is 244 g/mol. The van der Waals surface area contributed by atoms with E-state index >= 15 is 0 Å². The van der Waals surface area contributed by atoms with Crippen molar-refractivity contribution < 1.29 is 14.3 Å². The normalized spacial score (nSPS) is 11.6. The minimum absolute atomic E-state index is 0.0687. The van der Waals surface area contributed by atoms with E-state index < -0.39 is 0 Å². The number of amides is 2. The molecule has 0 radical (unpaired) electrons. The van der Waals surface area contributed by atoms with Crippen LogP contribution < -0.4 is 15.4 Å². The SMILES string of the molecule is CCC(C)C(=O)Nc1cc(NC(C)=O)ccc1OC. The van der Waals surface area contributed by atoms with Crippen LogP contribution in [-0.4, -0.2) is 18.9 Å². The number of anilines is 2. The molecule has 0 aliphatic heterocycles. The fraction of sp³-hybridized carbons (Fsp3) is 0.429. The van der Waals surface area contributed by atoms with Gasteiger partial charge in [0.1, 0.15) is 5.75 Å². The van der Waals surface area contributed by atoms with Crippen LogP contribution in [0.3, 0.4) is 0 Å². The summed E-state index contributed by atoms with van der Waals surface area (Å²) in [5.74, 6) is 0.255. The summed E-state index contributed by atoms with van der Waals surface area (Å²) in [4.78, 5) is 22.9. The van der Waals surface area contributed by atoms with Crippen LogP contribution >= 0.6 is 0 Å². The highest BCUT2D eigenvalue weighted by Crippen LogP contribution is 2.28. The van der Waals surface area contributed by atoms with E-state index in [1.807, 2.05) is 13.8 Å². The van der Waals surface area contributed by atoms with Crippen molar-refractivity contribution in [1.82, 2.24) is 0 Å². The maximum atomic E-state index is 11.9. The van der Waals surface area contributed by atoms with Crippen LogP contribution in [0, 0.1) is 5.92 Å². The van der Waals surface area contributed by atoms with Gasteiger partial charge in [0.15, 0.2) is 0 Å². The van der Waals surface area contributed by atoms with E-state index in [2.05, 4.69) is 10.6 Å². The van der Waals surface area contributed by atoms with Gasteiger partial charge in [-0.15, -0.1) is 0 Å². The number of carbonyl (C=O) groups excluding carboxylic acids is 2. The molecule has 1 atom stereocenters. The monoisotopic (exact) mass is 264 g/mol. The summed E-state index contributed by atoms with van der Waals surface area (Å²) in [6.45, 7) is 5.25. The second-order valence-electron chi connectivity index (χ2n) is 4.39. The van der Waals surface area contributed by atoms with Crippen LogP contribution in [0.2, 0.25) is 0 Å². The predicted molar refractivity (Wildman–Crippen MR) is 75.4 cm³/mol. The standard InChI is InChI=1S/C14H20N2O3/c1-5-9(2)14(18)16-12-8-11(15-10(3)17)6-7-13(12)19-4/h6-9H,5H2,1-4H3,(H,15,17)(H,16,18). The third-order valence-corrected chi connectivity index (χ3v) is 2.84. The van der Waals surface area contributed by atoms with Gasteiger partial charge in [-0.1, -0.05) is 13.8 Å². The predicted octanol–water partition coefficient (Wildman–Crippen LogP) is 2.64. The van der Waals surface area contributed by atoms with Crippen LogP contribution in [0.5, 0.6) is 5.75 Å². The van der Waals surface area contributed by atoms with E-state index in [9.17, 15) is 9.59 Å². The van der Waals surface area contributed by atoms with Crippen molar-refractivity contribution in [2.45, 2.75) is 27.2 Å². The first-order valence-corrected chi connectivity index (χ1v) is 6.24. The maximum Gasteiger partial charge on any atom is 0.227 e. The molecule has 0 saturated carbocycles. The van der Waals surface area contributed by atoms with Gasteiger partial charge in [0, 0.05) is 18.5 Å². The summed E-state index contributed by atoms with van der Waals surface area (Å²) in [5, 5.41) is 5.48. The van der Waals surface area contributed by atoms with Crippen molar-refractivity contribution in [2.75, 3.05) is 17.7 Å².